The van der Waals surface area contributed by atoms with E-state index in [9.17, 15) is 0 Å². The predicted octanol–water partition coefficient (Wildman–Crippen LogP) is 4.36. The van der Waals surface area contributed by atoms with Crippen LogP contribution in [0.15, 0.2) is 0 Å². The van der Waals surface area contributed by atoms with Crippen molar-refractivity contribution in [3.8, 4) is 0 Å². The lowest BCUT2D eigenvalue weighted by Crippen LogP contribution is -2.36. The Morgan fingerprint density at radius 2 is 1.95 bits per heavy atom. The van der Waals surface area contributed by atoms with Gasteiger partial charge in [0.25, 0.3) is 0 Å². The number of rotatable bonds is 7. The lowest BCUT2D eigenvalue weighted by atomic mass is 9.94. The number of hydrogen-bond acceptors (Lipinski definition) is 4. The highest BCUT2D eigenvalue weighted by atomic mass is 32.1. The van der Waals surface area contributed by atoms with Crippen LogP contribution in [0.5, 0.6) is 0 Å². The summed E-state index contributed by atoms with van der Waals surface area (Å²) in [6.07, 6.45) is 7.90. The van der Waals surface area contributed by atoms with Crippen molar-refractivity contribution >= 4 is 16.5 Å². The minimum Gasteiger partial charge on any atom is -0.345 e. The number of nitrogens with zero attached hydrogens (tertiary/aromatic N) is 2. The van der Waals surface area contributed by atoms with Crippen molar-refractivity contribution in [2.45, 2.75) is 84.8 Å². The molecule has 1 aliphatic rings. The molecule has 0 spiro atoms. The quantitative estimate of drug-likeness (QED) is 0.811. The van der Waals surface area contributed by atoms with E-state index >= 15 is 0 Å². The summed E-state index contributed by atoms with van der Waals surface area (Å²) in [4.78, 5) is 8.94. The normalized spacial score (nSPS) is 16.6. The molecule has 0 atom stereocenters. The van der Waals surface area contributed by atoms with E-state index in [4.69, 9.17) is 4.98 Å². The van der Waals surface area contributed by atoms with Gasteiger partial charge < -0.3 is 10.2 Å². The van der Waals surface area contributed by atoms with Gasteiger partial charge in [-0.25, -0.2) is 4.98 Å². The Labute approximate surface area is 134 Å². The van der Waals surface area contributed by atoms with E-state index in [0.29, 0.717) is 12.1 Å². The number of hydrogen-bond donors (Lipinski definition) is 1. The van der Waals surface area contributed by atoms with Crippen LogP contribution in [0.3, 0.4) is 0 Å². The first-order chi connectivity index (χ1) is 10.2. The van der Waals surface area contributed by atoms with Gasteiger partial charge in [-0.05, 0) is 26.2 Å². The van der Waals surface area contributed by atoms with E-state index in [0.717, 1.165) is 19.5 Å². The summed E-state index contributed by atoms with van der Waals surface area (Å²) >= 11 is 1.90. The third-order valence-electron chi connectivity index (χ3n) is 4.37. The van der Waals surface area contributed by atoms with Crippen LogP contribution in [0, 0.1) is 0 Å². The van der Waals surface area contributed by atoms with Crippen LogP contribution in [0.25, 0.3) is 0 Å². The Morgan fingerprint density at radius 1 is 1.24 bits per heavy atom. The Balaban J connectivity index is 2.13. The number of thiazole rings is 1. The molecule has 0 amide bonds. The maximum atomic E-state index is 4.96. The third-order valence-corrected chi connectivity index (χ3v) is 5.51. The standard InChI is InChI=1S/C17H31N3S/c1-5-15-16(12-18-13(3)4)21-17(19-15)20(6-2)14-10-8-7-9-11-14/h13-14,18H,5-12H2,1-4H3. The molecule has 1 fully saturated rings. The van der Waals surface area contributed by atoms with Gasteiger partial charge in [-0.2, -0.15) is 0 Å². The van der Waals surface area contributed by atoms with Crippen LogP contribution < -0.4 is 10.2 Å². The summed E-state index contributed by atoms with van der Waals surface area (Å²) in [5.74, 6) is 0. The molecule has 0 unspecified atom stereocenters. The van der Waals surface area contributed by atoms with Crippen LogP contribution in [0.1, 0.15) is 70.4 Å². The zero-order valence-corrected chi connectivity index (χ0v) is 14.9. The first-order valence-corrected chi connectivity index (χ1v) is 9.45. The fourth-order valence-corrected chi connectivity index (χ4v) is 4.38. The van der Waals surface area contributed by atoms with Crippen molar-refractivity contribution in [1.82, 2.24) is 10.3 Å². The Hall–Kier alpha value is -0.610. The molecule has 0 aliphatic heterocycles. The monoisotopic (exact) mass is 309 g/mol. The van der Waals surface area contributed by atoms with Crippen LogP contribution in [0.2, 0.25) is 0 Å². The molecular formula is C17H31N3S. The highest BCUT2D eigenvalue weighted by molar-refractivity contribution is 7.15. The molecule has 0 saturated heterocycles. The molecule has 0 radical (unpaired) electrons. The smallest absolute Gasteiger partial charge is 0.186 e. The average molecular weight is 310 g/mol. The first kappa shape index (κ1) is 16.8. The van der Waals surface area contributed by atoms with Gasteiger partial charge in [0.15, 0.2) is 5.13 Å². The number of aryl methyl sites for hydroxylation is 1. The van der Waals surface area contributed by atoms with Gasteiger partial charge in [-0.1, -0.05) is 40.0 Å². The summed E-state index contributed by atoms with van der Waals surface area (Å²) in [7, 11) is 0. The van der Waals surface area contributed by atoms with Crippen LogP contribution in [0.4, 0.5) is 5.13 Å². The largest absolute Gasteiger partial charge is 0.345 e. The summed E-state index contributed by atoms with van der Waals surface area (Å²) in [6, 6.07) is 1.24. The fourth-order valence-electron chi connectivity index (χ4n) is 3.15. The Bertz CT molecular complexity index is 422. The van der Waals surface area contributed by atoms with Crippen LogP contribution in [-0.4, -0.2) is 23.6 Å². The van der Waals surface area contributed by atoms with Crippen LogP contribution >= 0.6 is 11.3 Å². The lowest BCUT2D eigenvalue weighted by molar-refractivity contribution is 0.418. The summed E-state index contributed by atoms with van der Waals surface area (Å²) in [6.45, 7) is 10.9. The maximum Gasteiger partial charge on any atom is 0.186 e. The molecule has 1 saturated carbocycles. The van der Waals surface area contributed by atoms with E-state index in [1.807, 2.05) is 11.3 Å². The molecular weight excluding hydrogens is 278 g/mol. The van der Waals surface area contributed by atoms with E-state index < -0.39 is 0 Å². The SMILES string of the molecule is CCc1nc(N(CC)C2CCCCC2)sc1CNC(C)C. The topological polar surface area (TPSA) is 28.2 Å². The third kappa shape index (κ3) is 4.43. The molecule has 1 heterocycles. The molecule has 0 bridgehead atoms. The van der Waals surface area contributed by atoms with Gasteiger partial charge in [-0.15, -0.1) is 11.3 Å². The predicted molar refractivity (Wildman–Crippen MR) is 93.4 cm³/mol. The van der Waals surface area contributed by atoms with Gasteiger partial charge in [-0.3, -0.25) is 0 Å². The zero-order valence-electron chi connectivity index (χ0n) is 14.1. The first-order valence-electron chi connectivity index (χ1n) is 8.64. The van der Waals surface area contributed by atoms with Gasteiger partial charge >= 0.3 is 0 Å². The van der Waals surface area contributed by atoms with Crippen molar-refractivity contribution in [3.63, 3.8) is 0 Å². The molecule has 21 heavy (non-hydrogen) atoms. The number of anilines is 1. The van der Waals surface area contributed by atoms with E-state index in [2.05, 4.69) is 37.9 Å². The van der Waals surface area contributed by atoms with Gasteiger partial charge in [0, 0.05) is 30.1 Å². The van der Waals surface area contributed by atoms with Crippen molar-refractivity contribution < 1.29 is 0 Å². The summed E-state index contributed by atoms with van der Waals surface area (Å²) in [5, 5.41) is 4.79. The Morgan fingerprint density at radius 3 is 2.52 bits per heavy atom. The number of aromatic nitrogens is 1. The molecule has 3 nitrogen and oxygen atoms in total. The molecule has 1 aromatic rings. The van der Waals surface area contributed by atoms with Crippen molar-refractivity contribution in [3.05, 3.63) is 10.6 Å². The molecule has 1 aliphatic carbocycles. The lowest BCUT2D eigenvalue weighted by Gasteiger charge is -2.33. The van der Waals surface area contributed by atoms with Crippen molar-refractivity contribution in [1.29, 1.82) is 0 Å². The van der Waals surface area contributed by atoms with Crippen molar-refractivity contribution in [2.75, 3.05) is 11.4 Å². The maximum absolute atomic E-state index is 4.96. The number of nitrogens with one attached hydrogen (secondary N) is 1. The molecule has 4 heteroatoms. The fraction of sp³-hybridized carbons (Fsp3) is 0.824. The van der Waals surface area contributed by atoms with E-state index in [1.54, 1.807) is 0 Å². The molecule has 0 aromatic carbocycles. The summed E-state index contributed by atoms with van der Waals surface area (Å²) < 4.78 is 0. The van der Waals surface area contributed by atoms with Gasteiger partial charge in [0.1, 0.15) is 0 Å². The minimum atomic E-state index is 0.529. The van der Waals surface area contributed by atoms with E-state index in [1.165, 1.54) is 47.8 Å². The highest BCUT2D eigenvalue weighted by Gasteiger charge is 2.23. The van der Waals surface area contributed by atoms with Crippen molar-refractivity contribution in [2.24, 2.45) is 0 Å². The van der Waals surface area contributed by atoms with E-state index in [-0.39, 0.29) is 0 Å². The second kappa shape index (κ2) is 8.14. The molecule has 120 valence electrons. The molecule has 1 aromatic heterocycles. The minimum absolute atomic E-state index is 0.529. The highest BCUT2D eigenvalue weighted by Crippen LogP contribution is 2.32. The summed E-state index contributed by atoms with van der Waals surface area (Å²) in [5.41, 5.74) is 1.29. The zero-order chi connectivity index (χ0) is 15.2. The van der Waals surface area contributed by atoms with Crippen LogP contribution in [-0.2, 0) is 13.0 Å². The average Bonchev–Trinajstić information content (AvgIpc) is 2.90. The molecule has 1 N–H and O–H groups in total. The van der Waals surface area contributed by atoms with Gasteiger partial charge in [0.2, 0.25) is 0 Å². The van der Waals surface area contributed by atoms with Gasteiger partial charge in [0.05, 0.1) is 5.69 Å². The Kier molecular flexibility index (Phi) is 6.49. The second-order valence-corrected chi connectivity index (χ2v) is 7.40. The second-order valence-electron chi connectivity index (χ2n) is 6.33. The molecule has 2 rings (SSSR count).